The number of carbonyl (C=O) groups excluding carboxylic acids is 1. The van der Waals surface area contributed by atoms with E-state index in [2.05, 4.69) is 59.4 Å². The number of amides is 1. The van der Waals surface area contributed by atoms with Gasteiger partial charge in [-0.25, -0.2) is 4.39 Å². The van der Waals surface area contributed by atoms with Gasteiger partial charge in [-0.3, -0.25) is 9.69 Å². The molecule has 1 aromatic carbocycles. The molecule has 10 heteroatoms. The van der Waals surface area contributed by atoms with Crippen LogP contribution in [-0.2, 0) is 17.8 Å². The third-order valence-electron chi connectivity index (χ3n) is 9.82. The van der Waals surface area contributed by atoms with Gasteiger partial charge in [0, 0.05) is 37.4 Å². The van der Waals surface area contributed by atoms with E-state index in [-0.39, 0.29) is 18.5 Å². The number of anilines is 2. The van der Waals surface area contributed by atoms with Crippen molar-refractivity contribution >= 4 is 17.4 Å². The van der Waals surface area contributed by atoms with E-state index in [0.29, 0.717) is 32.3 Å². The molecule has 0 spiro atoms. The van der Waals surface area contributed by atoms with Crippen molar-refractivity contribution < 1.29 is 13.9 Å². The Balaban J connectivity index is 1.32. The number of nitriles is 1. The van der Waals surface area contributed by atoms with Crippen molar-refractivity contribution in [3.05, 3.63) is 53.0 Å². The highest BCUT2D eigenvalue weighted by Crippen LogP contribution is 2.39. The van der Waals surface area contributed by atoms with E-state index >= 15 is 0 Å². The monoisotopic (exact) mass is 573 g/mol. The maximum absolute atomic E-state index is 13.8. The highest BCUT2D eigenvalue weighted by molar-refractivity contribution is 5.91. The zero-order valence-electron chi connectivity index (χ0n) is 24.7. The minimum Gasteiger partial charge on any atom is -0.461 e. The molecular formula is C32H40FN7O2. The lowest BCUT2D eigenvalue weighted by Crippen LogP contribution is -2.55. The summed E-state index contributed by atoms with van der Waals surface area (Å²) in [7, 11) is 0. The van der Waals surface area contributed by atoms with Crippen LogP contribution in [0, 0.1) is 25.2 Å². The number of rotatable bonds is 7. The van der Waals surface area contributed by atoms with Gasteiger partial charge in [-0.2, -0.15) is 15.2 Å². The second-order valence-electron chi connectivity index (χ2n) is 12.2. The van der Waals surface area contributed by atoms with Crippen molar-refractivity contribution in [2.45, 2.75) is 70.5 Å². The molecule has 0 N–H and O–H groups in total. The number of aromatic nitrogens is 2. The van der Waals surface area contributed by atoms with Gasteiger partial charge >= 0.3 is 6.01 Å². The smallest absolute Gasteiger partial charge is 0.318 e. The third kappa shape index (κ3) is 5.19. The minimum atomic E-state index is -1.000. The van der Waals surface area contributed by atoms with E-state index < -0.39 is 17.8 Å². The first-order valence-corrected chi connectivity index (χ1v) is 15.2. The highest BCUT2D eigenvalue weighted by atomic mass is 19.1. The van der Waals surface area contributed by atoms with Crippen LogP contribution in [0.5, 0.6) is 6.01 Å². The van der Waals surface area contributed by atoms with Crippen molar-refractivity contribution in [2.24, 2.45) is 0 Å². The fraction of sp³-hybridized carbons (Fsp3) is 0.562. The van der Waals surface area contributed by atoms with Crippen LogP contribution in [-0.4, -0.2) is 83.1 Å². The summed E-state index contributed by atoms with van der Waals surface area (Å²) in [5, 5.41) is 9.50. The first-order valence-electron chi connectivity index (χ1n) is 15.2. The molecule has 0 radical (unpaired) electrons. The average Bonchev–Trinajstić information content (AvgIpc) is 3.57. The normalized spacial score (nSPS) is 21.6. The number of carbonyl (C=O) groups is 1. The van der Waals surface area contributed by atoms with E-state index in [9.17, 15) is 14.4 Å². The summed E-state index contributed by atoms with van der Waals surface area (Å²) in [6, 6.07) is 8.50. The number of halogens is 1. The summed E-state index contributed by atoms with van der Waals surface area (Å²) in [4.78, 5) is 31.0. The van der Waals surface area contributed by atoms with Gasteiger partial charge < -0.3 is 19.4 Å². The van der Waals surface area contributed by atoms with Crippen LogP contribution < -0.4 is 14.5 Å². The Kier molecular flexibility index (Phi) is 7.79. The number of piperazine rings is 1. The quantitative estimate of drug-likeness (QED) is 0.458. The number of hydrogen-bond donors (Lipinski definition) is 0. The van der Waals surface area contributed by atoms with Crippen LogP contribution >= 0.6 is 0 Å². The van der Waals surface area contributed by atoms with Crippen LogP contribution in [0.15, 0.2) is 30.6 Å². The molecule has 2 aromatic rings. The van der Waals surface area contributed by atoms with Gasteiger partial charge in [0.15, 0.2) is 5.83 Å². The Bertz CT molecular complexity index is 1410. The third-order valence-corrected chi connectivity index (χ3v) is 9.82. The first-order chi connectivity index (χ1) is 20.3. The molecule has 222 valence electrons. The zero-order valence-corrected chi connectivity index (χ0v) is 24.7. The van der Waals surface area contributed by atoms with Crippen molar-refractivity contribution in [3.63, 3.8) is 0 Å². The number of benzene rings is 1. The number of hydrogen-bond acceptors (Lipinski definition) is 8. The summed E-state index contributed by atoms with van der Waals surface area (Å²) >= 11 is 0. The Labute approximate surface area is 247 Å². The number of nitrogens with zero attached hydrogens (tertiary/aromatic N) is 7. The molecule has 0 saturated carbocycles. The van der Waals surface area contributed by atoms with Gasteiger partial charge in [0.1, 0.15) is 12.4 Å². The van der Waals surface area contributed by atoms with E-state index in [4.69, 9.17) is 14.7 Å². The molecule has 5 heterocycles. The van der Waals surface area contributed by atoms with Crippen LogP contribution in [0.1, 0.15) is 54.5 Å². The minimum absolute atomic E-state index is 0.0722. The van der Waals surface area contributed by atoms with Gasteiger partial charge in [-0.15, -0.1) is 0 Å². The van der Waals surface area contributed by atoms with Crippen molar-refractivity contribution in [1.82, 2.24) is 19.8 Å². The largest absolute Gasteiger partial charge is 0.461 e. The molecule has 6 rings (SSSR count). The molecular weight excluding hydrogens is 533 g/mol. The Morgan fingerprint density at radius 3 is 2.67 bits per heavy atom. The standard InChI is InChI=1S/C32H40FN7O2/c1-22-7-4-8-28(23(22)2)37-16-10-26-27(20-37)35-31(42-21-32-11-5-14-39(32)15-6-12-32)36-29(26)38-17-18-40(30(41)24(3)33)25(19-38)9-13-34/h4,7-8,25H,3,5-6,9-12,14-21H2,1-2H3/t25-/m0/s1. The van der Waals surface area contributed by atoms with Gasteiger partial charge in [0.05, 0.1) is 36.3 Å². The zero-order chi connectivity index (χ0) is 29.4. The van der Waals surface area contributed by atoms with Crippen molar-refractivity contribution in [3.8, 4) is 12.1 Å². The predicted molar refractivity (Wildman–Crippen MR) is 159 cm³/mol. The molecule has 1 atom stereocenters. The summed E-state index contributed by atoms with van der Waals surface area (Å²) in [6.45, 7) is 12.9. The lowest BCUT2D eigenvalue weighted by atomic mass is 9.95. The van der Waals surface area contributed by atoms with Crippen LogP contribution in [0.25, 0.3) is 0 Å². The fourth-order valence-electron chi connectivity index (χ4n) is 7.41. The average molecular weight is 574 g/mol. The highest BCUT2D eigenvalue weighted by Gasteiger charge is 2.45. The molecule has 1 aromatic heterocycles. The van der Waals surface area contributed by atoms with Crippen LogP contribution in [0.3, 0.4) is 0 Å². The van der Waals surface area contributed by atoms with Crippen molar-refractivity contribution in [2.75, 3.05) is 55.7 Å². The SMILES string of the molecule is C=C(F)C(=O)N1CCN(c2nc(OCC34CCCN3CCC4)nc3c2CCN(c2cccc(C)c2C)C3)C[C@@H]1CC#N. The van der Waals surface area contributed by atoms with Crippen LogP contribution in [0.4, 0.5) is 15.9 Å². The van der Waals surface area contributed by atoms with Gasteiger partial charge in [0.25, 0.3) is 5.91 Å². The second-order valence-corrected chi connectivity index (χ2v) is 12.2. The number of aryl methyl sites for hydroxylation is 1. The Morgan fingerprint density at radius 1 is 1.14 bits per heavy atom. The molecule has 42 heavy (non-hydrogen) atoms. The summed E-state index contributed by atoms with van der Waals surface area (Å²) in [5.41, 5.74) is 5.83. The molecule has 0 unspecified atom stereocenters. The fourth-order valence-corrected chi connectivity index (χ4v) is 7.41. The lowest BCUT2D eigenvalue weighted by Gasteiger charge is -2.42. The van der Waals surface area contributed by atoms with E-state index in [1.54, 1.807) is 0 Å². The molecule has 0 bridgehead atoms. The molecule has 0 aliphatic carbocycles. The maximum Gasteiger partial charge on any atom is 0.318 e. The summed E-state index contributed by atoms with van der Waals surface area (Å²) in [5.74, 6) is -0.943. The van der Waals surface area contributed by atoms with E-state index in [1.165, 1.54) is 34.6 Å². The van der Waals surface area contributed by atoms with Gasteiger partial charge in [-0.05, 0) is 76.2 Å². The van der Waals surface area contributed by atoms with Gasteiger partial charge in [0.2, 0.25) is 0 Å². The first kappa shape index (κ1) is 28.4. The topological polar surface area (TPSA) is 88.8 Å². The molecule has 1 amide bonds. The Hall–Kier alpha value is -3.71. The number of ether oxygens (including phenoxy) is 1. The molecule has 4 aliphatic rings. The summed E-state index contributed by atoms with van der Waals surface area (Å²) in [6.07, 6.45) is 5.52. The van der Waals surface area contributed by atoms with E-state index in [0.717, 1.165) is 56.0 Å². The lowest BCUT2D eigenvalue weighted by molar-refractivity contribution is -0.131. The predicted octanol–water partition coefficient (Wildman–Crippen LogP) is 4.08. The van der Waals surface area contributed by atoms with Crippen molar-refractivity contribution in [1.29, 1.82) is 5.26 Å². The molecule has 3 saturated heterocycles. The molecule has 3 fully saturated rings. The molecule has 9 nitrogen and oxygen atoms in total. The maximum atomic E-state index is 13.8. The summed E-state index contributed by atoms with van der Waals surface area (Å²) < 4.78 is 20.3. The Morgan fingerprint density at radius 2 is 1.93 bits per heavy atom. The second kappa shape index (κ2) is 11.5. The van der Waals surface area contributed by atoms with E-state index in [1.807, 2.05) is 0 Å². The van der Waals surface area contributed by atoms with Crippen LogP contribution in [0.2, 0.25) is 0 Å². The molecule has 4 aliphatic heterocycles. The van der Waals surface area contributed by atoms with Gasteiger partial charge in [-0.1, -0.05) is 18.7 Å². The number of fused-ring (bicyclic) bond motifs is 2.